The maximum absolute atomic E-state index is 5.58. The fourth-order valence-electron chi connectivity index (χ4n) is 1.35. The van der Waals surface area contributed by atoms with Gasteiger partial charge in [-0.15, -0.1) is 5.10 Å². The van der Waals surface area contributed by atoms with E-state index in [2.05, 4.69) is 10.2 Å². The zero-order valence-electron chi connectivity index (χ0n) is 10.5. The molecular weight excluding hydrogens is 232 g/mol. The van der Waals surface area contributed by atoms with Crippen LogP contribution in [0.1, 0.15) is 5.89 Å². The van der Waals surface area contributed by atoms with Crippen LogP contribution in [0.25, 0.3) is 0 Å². The second-order valence-corrected chi connectivity index (χ2v) is 4.04. The van der Waals surface area contributed by atoms with E-state index in [9.17, 15) is 0 Å². The van der Waals surface area contributed by atoms with Crippen molar-refractivity contribution in [3.05, 3.63) is 30.2 Å². The highest BCUT2D eigenvalue weighted by atomic mass is 16.5. The van der Waals surface area contributed by atoms with E-state index in [-0.39, 0.29) is 0 Å². The number of benzene rings is 1. The van der Waals surface area contributed by atoms with Gasteiger partial charge in [-0.1, -0.05) is 5.10 Å². The SMILES string of the molecule is CN(C)c1nnc(CCOc2ccc(N)cc2)o1. The van der Waals surface area contributed by atoms with Crippen LogP contribution >= 0.6 is 0 Å². The van der Waals surface area contributed by atoms with Crippen LogP contribution in [0.3, 0.4) is 0 Å². The molecule has 2 N–H and O–H groups in total. The van der Waals surface area contributed by atoms with E-state index in [1.807, 2.05) is 26.2 Å². The second kappa shape index (κ2) is 5.39. The average molecular weight is 248 g/mol. The third-order valence-electron chi connectivity index (χ3n) is 2.30. The van der Waals surface area contributed by atoms with Gasteiger partial charge in [0.05, 0.1) is 13.0 Å². The molecule has 0 bridgehead atoms. The fraction of sp³-hybridized carbons (Fsp3) is 0.333. The van der Waals surface area contributed by atoms with Gasteiger partial charge in [0.1, 0.15) is 5.75 Å². The number of rotatable bonds is 5. The van der Waals surface area contributed by atoms with E-state index in [4.69, 9.17) is 14.9 Å². The van der Waals surface area contributed by atoms with Crippen molar-refractivity contribution in [3.63, 3.8) is 0 Å². The lowest BCUT2D eigenvalue weighted by Crippen LogP contribution is -2.08. The fourth-order valence-corrected chi connectivity index (χ4v) is 1.35. The van der Waals surface area contributed by atoms with Gasteiger partial charge in [0.2, 0.25) is 5.89 Å². The molecular formula is C12H16N4O2. The Hall–Kier alpha value is -2.24. The molecule has 18 heavy (non-hydrogen) atoms. The minimum absolute atomic E-state index is 0.485. The summed E-state index contributed by atoms with van der Waals surface area (Å²) < 4.78 is 10.9. The summed E-state index contributed by atoms with van der Waals surface area (Å²) in [6.07, 6.45) is 0.575. The molecule has 1 heterocycles. The van der Waals surface area contributed by atoms with Crippen LogP contribution in [0, 0.1) is 0 Å². The molecule has 0 saturated carbocycles. The normalized spacial score (nSPS) is 10.3. The molecule has 0 aliphatic rings. The molecule has 1 aromatic carbocycles. The van der Waals surface area contributed by atoms with E-state index in [1.165, 1.54) is 0 Å². The highest BCUT2D eigenvalue weighted by Crippen LogP contribution is 2.14. The standard InChI is InChI=1S/C12H16N4O2/c1-16(2)12-15-14-11(18-12)7-8-17-10-5-3-9(13)4-6-10/h3-6H,7-8,13H2,1-2H3. The number of anilines is 2. The number of hydrogen-bond acceptors (Lipinski definition) is 6. The lowest BCUT2D eigenvalue weighted by molar-refractivity contribution is 0.306. The quantitative estimate of drug-likeness (QED) is 0.804. The van der Waals surface area contributed by atoms with Crippen LogP contribution in [0.4, 0.5) is 11.7 Å². The van der Waals surface area contributed by atoms with Gasteiger partial charge >= 0.3 is 6.01 Å². The number of nitrogen functional groups attached to an aromatic ring is 1. The van der Waals surface area contributed by atoms with E-state index < -0.39 is 0 Å². The third kappa shape index (κ3) is 3.13. The smallest absolute Gasteiger partial charge is 0.317 e. The van der Waals surface area contributed by atoms with Gasteiger partial charge in [0.25, 0.3) is 0 Å². The minimum atomic E-state index is 0.485. The van der Waals surface area contributed by atoms with Gasteiger partial charge in [-0.3, -0.25) is 0 Å². The Morgan fingerprint density at radius 3 is 2.56 bits per heavy atom. The highest BCUT2D eigenvalue weighted by molar-refractivity contribution is 5.41. The molecule has 0 unspecified atom stereocenters. The molecule has 6 heteroatoms. The largest absolute Gasteiger partial charge is 0.493 e. The monoisotopic (exact) mass is 248 g/mol. The lowest BCUT2D eigenvalue weighted by atomic mass is 10.3. The first-order chi connectivity index (χ1) is 8.65. The summed E-state index contributed by atoms with van der Waals surface area (Å²) in [6, 6.07) is 7.75. The molecule has 0 aliphatic heterocycles. The second-order valence-electron chi connectivity index (χ2n) is 4.04. The summed E-state index contributed by atoms with van der Waals surface area (Å²) >= 11 is 0. The molecule has 0 saturated heterocycles. The summed E-state index contributed by atoms with van der Waals surface area (Å²) in [5, 5.41) is 7.81. The van der Waals surface area contributed by atoms with E-state index in [1.54, 1.807) is 17.0 Å². The molecule has 2 rings (SSSR count). The van der Waals surface area contributed by atoms with Gasteiger partial charge in [-0.25, -0.2) is 0 Å². The van der Waals surface area contributed by atoms with Gasteiger partial charge in [0.15, 0.2) is 0 Å². The number of nitrogens with two attached hydrogens (primary N) is 1. The third-order valence-corrected chi connectivity index (χ3v) is 2.30. The Labute approximate surface area is 105 Å². The molecule has 0 radical (unpaired) electrons. The molecule has 0 amide bonds. The Bertz CT molecular complexity index is 493. The Morgan fingerprint density at radius 2 is 1.94 bits per heavy atom. The van der Waals surface area contributed by atoms with Crippen molar-refractivity contribution in [2.45, 2.75) is 6.42 Å². The van der Waals surface area contributed by atoms with Gasteiger partial charge in [0, 0.05) is 19.8 Å². The van der Waals surface area contributed by atoms with Gasteiger partial charge < -0.3 is 19.8 Å². The van der Waals surface area contributed by atoms with Crippen molar-refractivity contribution < 1.29 is 9.15 Å². The summed E-state index contributed by atoms with van der Waals surface area (Å²) in [6.45, 7) is 0.485. The predicted octanol–water partition coefficient (Wildman–Crippen LogP) is 1.34. The average Bonchev–Trinajstić information content (AvgIpc) is 2.81. The highest BCUT2D eigenvalue weighted by Gasteiger charge is 2.07. The molecule has 0 aliphatic carbocycles. The van der Waals surface area contributed by atoms with Crippen LogP contribution in [-0.4, -0.2) is 30.9 Å². The van der Waals surface area contributed by atoms with Crippen LogP contribution < -0.4 is 15.4 Å². The van der Waals surface area contributed by atoms with Crippen molar-refractivity contribution in [3.8, 4) is 5.75 Å². The van der Waals surface area contributed by atoms with Crippen LogP contribution in [-0.2, 0) is 6.42 Å². The Morgan fingerprint density at radius 1 is 1.22 bits per heavy atom. The van der Waals surface area contributed by atoms with Gasteiger partial charge in [-0.2, -0.15) is 0 Å². The topological polar surface area (TPSA) is 77.4 Å². The van der Waals surface area contributed by atoms with E-state index >= 15 is 0 Å². The number of aromatic nitrogens is 2. The molecule has 0 fully saturated rings. The number of nitrogens with zero attached hydrogens (tertiary/aromatic N) is 3. The summed E-state index contributed by atoms with van der Waals surface area (Å²) in [4.78, 5) is 1.76. The first-order valence-corrected chi connectivity index (χ1v) is 5.63. The first-order valence-electron chi connectivity index (χ1n) is 5.63. The Balaban J connectivity index is 1.82. The van der Waals surface area contributed by atoms with E-state index in [0.717, 1.165) is 11.4 Å². The number of ether oxygens (including phenoxy) is 1. The first kappa shape index (κ1) is 12.2. The molecule has 0 atom stereocenters. The predicted molar refractivity (Wildman–Crippen MR) is 68.7 cm³/mol. The number of hydrogen-bond donors (Lipinski definition) is 1. The van der Waals surface area contributed by atoms with Gasteiger partial charge in [-0.05, 0) is 24.3 Å². The molecule has 0 spiro atoms. The van der Waals surface area contributed by atoms with Crippen LogP contribution in [0.15, 0.2) is 28.7 Å². The molecule has 96 valence electrons. The molecule has 2 aromatic rings. The van der Waals surface area contributed by atoms with Crippen LogP contribution in [0.5, 0.6) is 5.75 Å². The summed E-state index contributed by atoms with van der Waals surface area (Å²) in [5.74, 6) is 1.34. The zero-order valence-corrected chi connectivity index (χ0v) is 10.5. The molecule has 1 aromatic heterocycles. The van der Waals surface area contributed by atoms with Crippen molar-refractivity contribution in [2.24, 2.45) is 0 Å². The Kier molecular flexibility index (Phi) is 3.66. The lowest BCUT2D eigenvalue weighted by Gasteiger charge is -2.05. The van der Waals surface area contributed by atoms with E-state index in [0.29, 0.717) is 24.9 Å². The minimum Gasteiger partial charge on any atom is -0.493 e. The van der Waals surface area contributed by atoms with Crippen molar-refractivity contribution in [1.82, 2.24) is 10.2 Å². The van der Waals surface area contributed by atoms with Crippen molar-refractivity contribution >= 4 is 11.7 Å². The zero-order chi connectivity index (χ0) is 13.0. The summed E-state index contributed by atoms with van der Waals surface area (Å²) in [7, 11) is 3.70. The van der Waals surface area contributed by atoms with Crippen molar-refractivity contribution in [1.29, 1.82) is 0 Å². The maximum Gasteiger partial charge on any atom is 0.317 e. The van der Waals surface area contributed by atoms with Crippen molar-refractivity contribution in [2.75, 3.05) is 31.3 Å². The molecule has 6 nitrogen and oxygen atoms in total. The maximum atomic E-state index is 5.58. The van der Waals surface area contributed by atoms with Crippen LogP contribution in [0.2, 0.25) is 0 Å². The summed E-state index contributed by atoms with van der Waals surface area (Å²) in [5.41, 5.74) is 6.30.